The van der Waals surface area contributed by atoms with Crippen LogP contribution in [-0.4, -0.2) is 16.7 Å². The molecule has 3 aromatic rings. The molecule has 0 radical (unpaired) electrons. The first kappa shape index (κ1) is 18.6. The molecule has 138 valence electrons. The second-order valence-electron chi connectivity index (χ2n) is 6.11. The molecule has 0 aromatic heterocycles. The highest BCUT2D eigenvalue weighted by Gasteiger charge is 2.31. The van der Waals surface area contributed by atoms with Crippen LogP contribution in [0.1, 0.15) is 31.8 Å². The van der Waals surface area contributed by atoms with Crippen LogP contribution in [0.2, 0.25) is 10.0 Å². The molecular formula is C21H12Cl2N2O2S. The van der Waals surface area contributed by atoms with Gasteiger partial charge in [-0.1, -0.05) is 65.7 Å². The lowest BCUT2D eigenvalue weighted by Gasteiger charge is -2.21. The Morgan fingerprint density at radius 3 is 2.04 bits per heavy atom. The van der Waals surface area contributed by atoms with E-state index in [2.05, 4.69) is 10.6 Å². The minimum Gasteiger partial charge on any atom is -0.332 e. The van der Waals surface area contributed by atoms with Gasteiger partial charge in [-0.15, -0.1) is 0 Å². The van der Waals surface area contributed by atoms with E-state index in [0.717, 1.165) is 0 Å². The van der Waals surface area contributed by atoms with Crippen LogP contribution in [0.15, 0.2) is 60.7 Å². The molecule has 4 rings (SSSR count). The Kier molecular flexibility index (Phi) is 4.89. The van der Waals surface area contributed by atoms with Gasteiger partial charge in [0.15, 0.2) is 16.7 Å². The summed E-state index contributed by atoms with van der Waals surface area (Å²) in [7, 11) is 0. The van der Waals surface area contributed by atoms with Gasteiger partial charge in [-0.3, -0.25) is 9.59 Å². The molecule has 0 saturated heterocycles. The zero-order valence-corrected chi connectivity index (χ0v) is 16.6. The molecule has 1 aliphatic carbocycles. The first-order valence-corrected chi connectivity index (χ1v) is 9.47. The van der Waals surface area contributed by atoms with Crippen LogP contribution in [-0.2, 0) is 0 Å². The van der Waals surface area contributed by atoms with Gasteiger partial charge in [0.05, 0.1) is 27.0 Å². The summed E-state index contributed by atoms with van der Waals surface area (Å²) < 4.78 is 0. The van der Waals surface area contributed by atoms with E-state index in [1.807, 2.05) is 0 Å². The third-order valence-corrected chi connectivity index (χ3v) is 5.42. The predicted molar refractivity (Wildman–Crippen MR) is 116 cm³/mol. The first-order chi connectivity index (χ1) is 13.5. The number of halogens is 2. The molecule has 28 heavy (non-hydrogen) atoms. The van der Waals surface area contributed by atoms with Crippen LogP contribution in [0.4, 0.5) is 11.4 Å². The van der Waals surface area contributed by atoms with E-state index in [0.29, 0.717) is 43.7 Å². The Bertz CT molecular complexity index is 1160. The zero-order chi connectivity index (χ0) is 19.8. The highest BCUT2D eigenvalue weighted by Crippen LogP contribution is 2.33. The fraction of sp³-hybridized carbons (Fsp3) is 0. The number of hydrogen-bond donors (Lipinski definition) is 2. The van der Waals surface area contributed by atoms with E-state index in [4.69, 9.17) is 35.4 Å². The van der Waals surface area contributed by atoms with Crippen LogP contribution >= 0.6 is 35.4 Å². The minimum absolute atomic E-state index is 0.189. The number of carbonyl (C=O) groups excluding carboxylic acids is 2. The van der Waals surface area contributed by atoms with E-state index in [1.165, 1.54) is 0 Å². The minimum atomic E-state index is -0.225. The van der Waals surface area contributed by atoms with Crippen molar-refractivity contribution in [1.29, 1.82) is 0 Å². The number of thiocarbonyl (C=S) groups is 1. The van der Waals surface area contributed by atoms with Crippen molar-refractivity contribution in [2.24, 2.45) is 0 Å². The fourth-order valence-electron chi connectivity index (χ4n) is 3.13. The average Bonchev–Trinajstić information content (AvgIpc) is 2.69. The molecule has 2 N–H and O–H groups in total. The van der Waals surface area contributed by atoms with Crippen LogP contribution in [0.3, 0.4) is 0 Å². The molecule has 3 aromatic carbocycles. The molecule has 0 atom stereocenters. The molecule has 0 saturated carbocycles. The molecule has 0 amide bonds. The normalized spacial score (nSPS) is 12.2. The summed E-state index contributed by atoms with van der Waals surface area (Å²) in [4.78, 5) is 25.8. The van der Waals surface area contributed by atoms with Crippen molar-refractivity contribution >= 4 is 63.5 Å². The summed E-state index contributed by atoms with van der Waals surface area (Å²) in [5.74, 6) is -0.414. The fourth-order valence-corrected chi connectivity index (χ4v) is 3.69. The van der Waals surface area contributed by atoms with Crippen molar-refractivity contribution in [2.75, 3.05) is 10.6 Å². The van der Waals surface area contributed by atoms with Crippen molar-refractivity contribution in [2.45, 2.75) is 0 Å². The quantitative estimate of drug-likeness (QED) is 0.409. The second-order valence-corrected chi connectivity index (χ2v) is 7.31. The van der Waals surface area contributed by atoms with Gasteiger partial charge in [-0.05, 0) is 30.4 Å². The monoisotopic (exact) mass is 426 g/mol. The number of ketones is 2. The van der Waals surface area contributed by atoms with Crippen molar-refractivity contribution in [3.05, 3.63) is 93.0 Å². The van der Waals surface area contributed by atoms with Crippen LogP contribution in [0, 0.1) is 0 Å². The Morgan fingerprint density at radius 1 is 0.714 bits per heavy atom. The number of rotatable bonds is 2. The van der Waals surface area contributed by atoms with E-state index in [1.54, 1.807) is 60.7 Å². The largest absolute Gasteiger partial charge is 0.332 e. The highest BCUT2D eigenvalue weighted by atomic mass is 35.5. The third kappa shape index (κ3) is 3.18. The van der Waals surface area contributed by atoms with Crippen molar-refractivity contribution in [3.63, 3.8) is 0 Å². The highest BCUT2D eigenvalue weighted by molar-refractivity contribution is 7.80. The molecule has 0 aliphatic heterocycles. The lowest BCUT2D eigenvalue weighted by Crippen LogP contribution is -2.25. The number of benzene rings is 3. The first-order valence-electron chi connectivity index (χ1n) is 8.31. The Morgan fingerprint density at radius 2 is 1.29 bits per heavy atom. The van der Waals surface area contributed by atoms with Gasteiger partial charge in [0.2, 0.25) is 0 Å². The van der Waals surface area contributed by atoms with Gasteiger partial charge in [0.1, 0.15) is 0 Å². The topological polar surface area (TPSA) is 58.2 Å². The van der Waals surface area contributed by atoms with Crippen molar-refractivity contribution < 1.29 is 9.59 Å². The molecule has 0 heterocycles. The Balaban J connectivity index is 1.67. The van der Waals surface area contributed by atoms with E-state index in [9.17, 15) is 9.59 Å². The van der Waals surface area contributed by atoms with Gasteiger partial charge in [-0.25, -0.2) is 0 Å². The molecule has 0 spiro atoms. The second kappa shape index (κ2) is 7.36. The molecule has 4 nitrogen and oxygen atoms in total. The van der Waals surface area contributed by atoms with Crippen LogP contribution in [0.5, 0.6) is 0 Å². The zero-order valence-electron chi connectivity index (χ0n) is 14.3. The van der Waals surface area contributed by atoms with Crippen LogP contribution < -0.4 is 10.6 Å². The SMILES string of the molecule is O=C1c2ccccc2C(=O)c2c(NC(=S)Nc3cccc(Cl)c3Cl)cccc21. The summed E-state index contributed by atoms with van der Waals surface area (Å²) in [5, 5.41) is 6.90. The smallest absolute Gasteiger partial charge is 0.196 e. The average molecular weight is 427 g/mol. The summed E-state index contributed by atoms with van der Waals surface area (Å²) in [5.41, 5.74) is 2.41. The number of nitrogens with one attached hydrogen (secondary N) is 2. The lowest BCUT2D eigenvalue weighted by molar-refractivity contribution is 0.0979. The van der Waals surface area contributed by atoms with Crippen molar-refractivity contribution in [1.82, 2.24) is 0 Å². The number of carbonyl (C=O) groups is 2. The molecular weight excluding hydrogens is 415 g/mol. The number of anilines is 2. The summed E-state index contributed by atoms with van der Waals surface area (Å²) in [6.07, 6.45) is 0. The molecule has 0 unspecified atom stereocenters. The summed E-state index contributed by atoms with van der Waals surface area (Å²) in [6, 6.07) is 17.0. The maximum Gasteiger partial charge on any atom is 0.196 e. The van der Waals surface area contributed by atoms with Gasteiger partial charge in [0.25, 0.3) is 0 Å². The van der Waals surface area contributed by atoms with E-state index >= 15 is 0 Å². The third-order valence-electron chi connectivity index (χ3n) is 4.40. The van der Waals surface area contributed by atoms with E-state index < -0.39 is 0 Å². The molecule has 0 fully saturated rings. The predicted octanol–water partition coefficient (Wildman–Crippen LogP) is 5.58. The number of fused-ring (bicyclic) bond motifs is 2. The van der Waals surface area contributed by atoms with Crippen LogP contribution in [0.25, 0.3) is 0 Å². The molecule has 1 aliphatic rings. The maximum atomic E-state index is 13.0. The Hall–Kier alpha value is -2.73. The van der Waals surface area contributed by atoms with Gasteiger partial charge >= 0.3 is 0 Å². The van der Waals surface area contributed by atoms with Crippen molar-refractivity contribution in [3.8, 4) is 0 Å². The van der Waals surface area contributed by atoms with Gasteiger partial charge in [0, 0.05) is 16.7 Å². The lowest BCUT2D eigenvalue weighted by atomic mass is 9.83. The standard InChI is InChI=1S/C21H12Cl2N2O2S/c22-14-8-4-10-16(18(14)23)25-21(28)24-15-9-3-7-13-17(15)20(27)12-6-2-1-5-11(12)19(13)26/h1-10H,(H2,24,25,28). The van der Waals surface area contributed by atoms with Gasteiger partial charge < -0.3 is 10.6 Å². The molecule has 0 bridgehead atoms. The summed E-state index contributed by atoms with van der Waals surface area (Å²) >= 11 is 17.5. The summed E-state index contributed by atoms with van der Waals surface area (Å²) in [6.45, 7) is 0. The van der Waals surface area contributed by atoms with Gasteiger partial charge in [-0.2, -0.15) is 0 Å². The Labute approximate surface area is 176 Å². The molecule has 7 heteroatoms. The maximum absolute atomic E-state index is 13.0. The number of hydrogen-bond acceptors (Lipinski definition) is 3. The van der Waals surface area contributed by atoms with E-state index in [-0.39, 0.29) is 16.7 Å².